The highest BCUT2D eigenvalue weighted by Crippen LogP contribution is 2.32. The molecule has 0 spiro atoms. The molecule has 0 unspecified atom stereocenters. The zero-order chi connectivity index (χ0) is 11.1. The Bertz CT molecular complexity index is 484. The van der Waals surface area contributed by atoms with Crippen molar-refractivity contribution in [1.29, 1.82) is 0 Å². The maximum absolute atomic E-state index is 11.3. The van der Waals surface area contributed by atoms with E-state index in [0.29, 0.717) is 5.69 Å². The van der Waals surface area contributed by atoms with E-state index >= 15 is 0 Å². The van der Waals surface area contributed by atoms with Crippen LogP contribution in [0.1, 0.15) is 11.1 Å². The topological polar surface area (TPSA) is 55.4 Å². The van der Waals surface area contributed by atoms with E-state index in [9.17, 15) is 9.59 Å². The van der Waals surface area contributed by atoms with Crippen molar-refractivity contribution in [2.24, 2.45) is 0 Å². The zero-order valence-electron chi connectivity index (χ0n) is 8.45. The molecule has 0 saturated heterocycles. The number of fused-ring (bicyclic) bond motifs is 2. The van der Waals surface area contributed by atoms with Crippen molar-refractivity contribution >= 4 is 17.4 Å². The molecule has 2 aliphatic rings. The van der Waals surface area contributed by atoms with Crippen LogP contribution in [0.15, 0.2) is 24.5 Å². The predicted octanol–water partition coefficient (Wildman–Crippen LogP) is 1.20. The lowest BCUT2D eigenvalue weighted by molar-refractivity contribution is -0.134. The number of Topliss-reactive ketones (excluding diaryl/α,β-unsaturated/α-hetero) is 1. The van der Waals surface area contributed by atoms with Crippen LogP contribution >= 0.6 is 0 Å². The molecular formula is C12H9NO3. The molecule has 2 aliphatic heterocycles. The maximum Gasteiger partial charge on any atom is 0.292 e. The number of nitrogens with one attached hydrogen (secondary N) is 1. The third-order valence-corrected chi connectivity index (χ3v) is 2.77. The van der Waals surface area contributed by atoms with Gasteiger partial charge in [-0.3, -0.25) is 9.59 Å². The molecule has 0 bridgehead atoms. The van der Waals surface area contributed by atoms with Gasteiger partial charge >= 0.3 is 0 Å². The van der Waals surface area contributed by atoms with E-state index < -0.39 is 5.91 Å². The summed E-state index contributed by atoms with van der Waals surface area (Å²) in [7, 11) is 0. The molecule has 0 saturated carbocycles. The van der Waals surface area contributed by atoms with E-state index in [2.05, 4.69) is 5.32 Å². The van der Waals surface area contributed by atoms with Crippen LogP contribution in [0.5, 0.6) is 5.75 Å². The molecule has 0 aliphatic carbocycles. The Kier molecular flexibility index (Phi) is 1.83. The third kappa shape index (κ3) is 1.31. The van der Waals surface area contributed by atoms with Crippen LogP contribution in [0, 0.1) is 0 Å². The number of carbonyl (C=O) groups is 2. The molecule has 1 N–H and O–H groups in total. The average molecular weight is 215 g/mol. The van der Waals surface area contributed by atoms with Crippen molar-refractivity contribution in [3.8, 4) is 5.75 Å². The quantitative estimate of drug-likeness (QED) is 0.661. The van der Waals surface area contributed by atoms with E-state index in [0.717, 1.165) is 23.3 Å². The first-order chi connectivity index (χ1) is 7.74. The van der Waals surface area contributed by atoms with Gasteiger partial charge in [-0.2, -0.15) is 0 Å². The maximum atomic E-state index is 11.3. The van der Waals surface area contributed by atoms with Crippen LogP contribution in [0.4, 0.5) is 5.69 Å². The molecule has 4 heteroatoms. The molecule has 1 aromatic carbocycles. The van der Waals surface area contributed by atoms with Crippen molar-refractivity contribution in [3.05, 3.63) is 35.6 Å². The van der Waals surface area contributed by atoms with Gasteiger partial charge in [0.05, 0.1) is 6.26 Å². The number of allylic oxidation sites excluding steroid dienone is 1. The standard InChI is InChI=1S/C12H9NO3/c14-10-5-8-4-7-2-1-3-16-11(7)6-9(8)13-12(10)15/h1,3-4,6H,2,5H2,(H,13,15). The molecule has 0 radical (unpaired) electrons. The number of amides is 1. The van der Waals surface area contributed by atoms with E-state index in [1.54, 1.807) is 12.3 Å². The second kappa shape index (κ2) is 3.20. The van der Waals surface area contributed by atoms with Crippen molar-refractivity contribution < 1.29 is 14.3 Å². The van der Waals surface area contributed by atoms with Crippen LogP contribution in [-0.2, 0) is 22.4 Å². The SMILES string of the molecule is O=C1Cc2cc3c(cc2NC1=O)OC=CC3. The van der Waals surface area contributed by atoms with Gasteiger partial charge in [-0.15, -0.1) is 0 Å². The minimum atomic E-state index is -0.543. The Balaban J connectivity index is 2.09. The van der Waals surface area contributed by atoms with Gasteiger partial charge in [0.15, 0.2) is 0 Å². The molecule has 1 aromatic rings. The number of hydrogen-bond acceptors (Lipinski definition) is 3. The largest absolute Gasteiger partial charge is 0.465 e. The van der Waals surface area contributed by atoms with E-state index in [-0.39, 0.29) is 12.2 Å². The Labute approximate surface area is 91.9 Å². The van der Waals surface area contributed by atoms with Crippen LogP contribution in [0.25, 0.3) is 0 Å². The highest BCUT2D eigenvalue weighted by molar-refractivity contribution is 6.42. The minimum Gasteiger partial charge on any atom is -0.465 e. The Morgan fingerprint density at radius 2 is 2.06 bits per heavy atom. The first-order valence-corrected chi connectivity index (χ1v) is 5.06. The Morgan fingerprint density at radius 1 is 1.19 bits per heavy atom. The first-order valence-electron chi connectivity index (χ1n) is 5.06. The summed E-state index contributed by atoms with van der Waals surface area (Å²) in [5, 5.41) is 2.57. The highest BCUT2D eigenvalue weighted by Gasteiger charge is 2.24. The summed E-state index contributed by atoms with van der Waals surface area (Å²) in [6, 6.07) is 3.70. The molecule has 2 heterocycles. The van der Waals surface area contributed by atoms with Gasteiger partial charge in [-0.1, -0.05) is 0 Å². The fourth-order valence-corrected chi connectivity index (χ4v) is 1.95. The summed E-state index contributed by atoms with van der Waals surface area (Å²) in [4.78, 5) is 22.5. The number of ether oxygens (including phenoxy) is 1. The lowest BCUT2D eigenvalue weighted by Crippen LogP contribution is -2.30. The molecule has 80 valence electrons. The molecular weight excluding hydrogens is 206 g/mol. The molecule has 4 nitrogen and oxygen atoms in total. The molecule has 1 amide bonds. The van der Waals surface area contributed by atoms with Gasteiger partial charge in [0.25, 0.3) is 5.91 Å². The van der Waals surface area contributed by atoms with E-state index in [1.807, 2.05) is 12.1 Å². The fraction of sp³-hybridized carbons (Fsp3) is 0.167. The normalized spacial score (nSPS) is 17.2. The summed E-state index contributed by atoms with van der Waals surface area (Å²) >= 11 is 0. The number of benzene rings is 1. The number of ketones is 1. The van der Waals surface area contributed by atoms with Crippen molar-refractivity contribution in [2.75, 3.05) is 5.32 Å². The Morgan fingerprint density at radius 3 is 2.94 bits per heavy atom. The summed E-state index contributed by atoms with van der Waals surface area (Å²) in [5.74, 6) is -0.186. The van der Waals surface area contributed by atoms with Crippen molar-refractivity contribution in [2.45, 2.75) is 12.8 Å². The third-order valence-electron chi connectivity index (χ3n) is 2.77. The first kappa shape index (κ1) is 9.15. The van der Waals surface area contributed by atoms with Crippen LogP contribution in [0.3, 0.4) is 0 Å². The van der Waals surface area contributed by atoms with Crippen LogP contribution in [0.2, 0.25) is 0 Å². The number of rotatable bonds is 0. The molecule has 0 fully saturated rings. The van der Waals surface area contributed by atoms with E-state index in [4.69, 9.17) is 4.74 Å². The highest BCUT2D eigenvalue weighted by atomic mass is 16.5. The van der Waals surface area contributed by atoms with Crippen molar-refractivity contribution in [3.63, 3.8) is 0 Å². The Hall–Kier alpha value is -2.10. The monoisotopic (exact) mass is 215 g/mol. The van der Waals surface area contributed by atoms with Gasteiger partial charge in [0.2, 0.25) is 5.78 Å². The van der Waals surface area contributed by atoms with Gasteiger partial charge in [-0.25, -0.2) is 0 Å². The summed E-state index contributed by atoms with van der Waals surface area (Å²) in [6.07, 6.45) is 4.52. The predicted molar refractivity (Wildman–Crippen MR) is 57.3 cm³/mol. The lowest BCUT2D eigenvalue weighted by Gasteiger charge is -2.20. The molecule has 0 aromatic heterocycles. The summed E-state index contributed by atoms with van der Waals surface area (Å²) in [6.45, 7) is 0. The van der Waals surface area contributed by atoms with Gasteiger partial charge in [0, 0.05) is 18.2 Å². The average Bonchev–Trinajstić information content (AvgIpc) is 2.28. The van der Waals surface area contributed by atoms with Gasteiger partial charge in [0.1, 0.15) is 5.75 Å². The molecule has 0 atom stereocenters. The number of anilines is 1. The second-order valence-electron chi connectivity index (χ2n) is 3.86. The van der Waals surface area contributed by atoms with Crippen molar-refractivity contribution in [1.82, 2.24) is 0 Å². The zero-order valence-corrected chi connectivity index (χ0v) is 8.45. The molecule has 16 heavy (non-hydrogen) atoms. The number of carbonyl (C=O) groups excluding carboxylic acids is 2. The molecule has 3 rings (SSSR count). The summed E-state index contributed by atoms with van der Waals surface area (Å²) < 4.78 is 5.33. The lowest BCUT2D eigenvalue weighted by atomic mass is 9.97. The fourth-order valence-electron chi connectivity index (χ4n) is 1.95. The summed E-state index contributed by atoms with van der Waals surface area (Å²) in [5.41, 5.74) is 2.59. The minimum absolute atomic E-state index is 0.179. The van der Waals surface area contributed by atoms with Crippen LogP contribution < -0.4 is 10.1 Å². The van der Waals surface area contributed by atoms with Gasteiger partial charge < -0.3 is 10.1 Å². The van der Waals surface area contributed by atoms with Gasteiger partial charge in [-0.05, 0) is 29.7 Å². The van der Waals surface area contributed by atoms with E-state index in [1.165, 1.54) is 0 Å². The number of hydrogen-bond donors (Lipinski definition) is 1. The smallest absolute Gasteiger partial charge is 0.292 e. The van der Waals surface area contributed by atoms with Crippen LogP contribution in [-0.4, -0.2) is 11.7 Å². The second-order valence-corrected chi connectivity index (χ2v) is 3.86.